The maximum Gasteiger partial charge on any atom is 0.231 e. The van der Waals surface area contributed by atoms with E-state index in [1.807, 2.05) is 17.0 Å². The van der Waals surface area contributed by atoms with Crippen molar-refractivity contribution in [1.82, 2.24) is 4.90 Å². The molecule has 0 saturated carbocycles. The highest BCUT2D eigenvalue weighted by atomic mass is 16.5. The summed E-state index contributed by atoms with van der Waals surface area (Å²) < 4.78 is 5.30. The molecule has 22 heavy (non-hydrogen) atoms. The summed E-state index contributed by atoms with van der Waals surface area (Å²) in [6.07, 6.45) is 3.17. The van der Waals surface area contributed by atoms with Crippen molar-refractivity contribution in [2.45, 2.75) is 25.7 Å². The Kier molecular flexibility index (Phi) is 3.88. The van der Waals surface area contributed by atoms with Gasteiger partial charge in [-0.05, 0) is 25.0 Å². The van der Waals surface area contributed by atoms with Gasteiger partial charge in [-0.3, -0.25) is 9.59 Å². The van der Waals surface area contributed by atoms with Gasteiger partial charge in [-0.25, -0.2) is 0 Å². The second kappa shape index (κ2) is 5.83. The monoisotopic (exact) mass is 300 g/mol. The third-order valence-electron chi connectivity index (χ3n) is 4.35. The molecule has 0 aromatic heterocycles. The van der Waals surface area contributed by atoms with Crippen LogP contribution >= 0.6 is 0 Å². The fourth-order valence-electron chi connectivity index (χ4n) is 3.04. The van der Waals surface area contributed by atoms with E-state index in [0.717, 1.165) is 18.5 Å². The van der Waals surface area contributed by atoms with Gasteiger partial charge in [-0.2, -0.15) is 0 Å². The molecule has 116 valence electrons. The molecule has 3 rings (SSSR count). The summed E-state index contributed by atoms with van der Waals surface area (Å²) in [7, 11) is 1.56. The minimum atomic E-state index is -0.425. The highest BCUT2D eigenvalue weighted by Gasteiger charge is 2.34. The van der Waals surface area contributed by atoms with Crippen molar-refractivity contribution in [3.8, 4) is 5.75 Å². The number of benzene rings is 1. The zero-order valence-electron chi connectivity index (χ0n) is 12.9. The molecular weight excluding hydrogens is 280 g/mol. The molecule has 1 atom stereocenters. The Labute approximate surface area is 129 Å². The summed E-state index contributed by atoms with van der Waals surface area (Å²) in [5, 5.41) is 2.83. The Morgan fingerprint density at radius 1 is 1.41 bits per heavy atom. The minimum absolute atomic E-state index is 0.0214. The van der Waals surface area contributed by atoms with Gasteiger partial charge in [0.05, 0.1) is 18.7 Å². The van der Waals surface area contributed by atoms with Gasteiger partial charge in [0.2, 0.25) is 11.8 Å². The fourth-order valence-corrected chi connectivity index (χ4v) is 3.04. The molecule has 5 nitrogen and oxygen atoms in total. The van der Waals surface area contributed by atoms with E-state index in [-0.39, 0.29) is 18.2 Å². The molecule has 0 fully saturated rings. The normalized spacial score (nSPS) is 20.8. The summed E-state index contributed by atoms with van der Waals surface area (Å²) in [4.78, 5) is 26.7. The zero-order valence-corrected chi connectivity index (χ0v) is 12.9. The number of rotatable bonds is 2. The minimum Gasteiger partial charge on any atom is -0.495 e. The van der Waals surface area contributed by atoms with E-state index in [4.69, 9.17) is 4.74 Å². The van der Waals surface area contributed by atoms with E-state index < -0.39 is 5.92 Å². The molecule has 2 heterocycles. The average Bonchev–Trinajstić information content (AvgIpc) is 2.53. The standard InChI is InChI=1S/C17H20N2O3/c1-11-6-8-19(9-7-11)17(21)13-10-15(20)18-16-12(13)4-3-5-14(16)22-2/h3-6,13H,7-10H2,1-2H3,(H,18,20). The van der Waals surface area contributed by atoms with Crippen LogP contribution in [-0.4, -0.2) is 36.9 Å². The lowest BCUT2D eigenvalue weighted by atomic mass is 9.88. The number of methoxy groups -OCH3 is 1. The van der Waals surface area contributed by atoms with E-state index in [9.17, 15) is 9.59 Å². The molecule has 5 heteroatoms. The summed E-state index contributed by atoms with van der Waals surface area (Å²) in [5.41, 5.74) is 2.78. The number of hydrogen-bond acceptors (Lipinski definition) is 3. The van der Waals surface area contributed by atoms with Crippen molar-refractivity contribution in [2.75, 3.05) is 25.5 Å². The van der Waals surface area contributed by atoms with Crippen molar-refractivity contribution < 1.29 is 14.3 Å². The molecule has 2 amide bonds. The zero-order chi connectivity index (χ0) is 15.7. The topological polar surface area (TPSA) is 58.6 Å². The Hall–Kier alpha value is -2.30. The fraction of sp³-hybridized carbons (Fsp3) is 0.412. The van der Waals surface area contributed by atoms with Crippen LogP contribution in [0.5, 0.6) is 5.75 Å². The lowest BCUT2D eigenvalue weighted by molar-refractivity contribution is -0.134. The van der Waals surface area contributed by atoms with Crippen molar-refractivity contribution in [2.24, 2.45) is 0 Å². The van der Waals surface area contributed by atoms with Gasteiger partial charge in [-0.15, -0.1) is 0 Å². The van der Waals surface area contributed by atoms with E-state index in [2.05, 4.69) is 18.3 Å². The van der Waals surface area contributed by atoms with Crippen LogP contribution in [0.2, 0.25) is 0 Å². The lowest BCUT2D eigenvalue weighted by Gasteiger charge is -2.32. The van der Waals surface area contributed by atoms with E-state index in [1.165, 1.54) is 5.57 Å². The maximum atomic E-state index is 12.8. The second-order valence-corrected chi connectivity index (χ2v) is 5.81. The summed E-state index contributed by atoms with van der Waals surface area (Å²) in [6, 6.07) is 5.54. The lowest BCUT2D eigenvalue weighted by Crippen LogP contribution is -2.40. The molecule has 0 saturated heterocycles. The van der Waals surface area contributed by atoms with Gasteiger partial charge < -0.3 is 15.0 Å². The van der Waals surface area contributed by atoms with Crippen molar-refractivity contribution in [3.05, 3.63) is 35.4 Å². The second-order valence-electron chi connectivity index (χ2n) is 5.81. The number of anilines is 1. The van der Waals surface area contributed by atoms with Gasteiger partial charge in [-0.1, -0.05) is 23.8 Å². The SMILES string of the molecule is COc1cccc2c1NC(=O)CC2C(=O)N1CC=C(C)CC1. The first-order valence-corrected chi connectivity index (χ1v) is 7.51. The number of ether oxygens (including phenoxy) is 1. The summed E-state index contributed by atoms with van der Waals surface area (Å²) >= 11 is 0. The highest BCUT2D eigenvalue weighted by Crippen LogP contribution is 2.39. The third kappa shape index (κ3) is 2.58. The predicted molar refractivity (Wildman–Crippen MR) is 83.9 cm³/mol. The number of nitrogens with one attached hydrogen (secondary N) is 1. The molecule has 2 aliphatic rings. The molecule has 0 spiro atoms. The highest BCUT2D eigenvalue weighted by molar-refractivity contribution is 6.02. The molecule has 0 radical (unpaired) electrons. The van der Waals surface area contributed by atoms with Crippen LogP contribution < -0.4 is 10.1 Å². The van der Waals surface area contributed by atoms with Gasteiger partial charge in [0, 0.05) is 19.5 Å². The first kappa shape index (κ1) is 14.6. The third-order valence-corrected chi connectivity index (χ3v) is 4.35. The van der Waals surface area contributed by atoms with Crippen LogP contribution in [0, 0.1) is 0 Å². The first-order chi connectivity index (χ1) is 10.6. The number of nitrogens with zero attached hydrogens (tertiary/aromatic N) is 1. The molecule has 1 aromatic carbocycles. The predicted octanol–water partition coefficient (Wildman–Crippen LogP) is 2.30. The molecule has 2 aliphatic heterocycles. The van der Waals surface area contributed by atoms with Crippen LogP contribution in [0.1, 0.15) is 31.2 Å². The van der Waals surface area contributed by atoms with E-state index >= 15 is 0 Å². The Morgan fingerprint density at radius 3 is 2.91 bits per heavy atom. The first-order valence-electron chi connectivity index (χ1n) is 7.51. The quantitative estimate of drug-likeness (QED) is 0.853. The van der Waals surface area contributed by atoms with E-state index in [0.29, 0.717) is 18.0 Å². The number of fused-ring (bicyclic) bond motifs is 1. The molecule has 1 N–H and O–H groups in total. The molecule has 1 aromatic rings. The largest absolute Gasteiger partial charge is 0.495 e. The van der Waals surface area contributed by atoms with Crippen LogP contribution in [0.4, 0.5) is 5.69 Å². The van der Waals surface area contributed by atoms with Gasteiger partial charge in [0.15, 0.2) is 0 Å². The Balaban J connectivity index is 1.92. The number of para-hydroxylation sites is 1. The van der Waals surface area contributed by atoms with Crippen LogP contribution in [0.15, 0.2) is 29.8 Å². The van der Waals surface area contributed by atoms with E-state index in [1.54, 1.807) is 13.2 Å². The smallest absolute Gasteiger partial charge is 0.231 e. The number of carbonyl (C=O) groups excluding carboxylic acids is 2. The van der Waals surface area contributed by atoms with Crippen LogP contribution in [0.3, 0.4) is 0 Å². The van der Waals surface area contributed by atoms with Crippen molar-refractivity contribution in [1.29, 1.82) is 0 Å². The summed E-state index contributed by atoms with van der Waals surface area (Å²) in [5.74, 6) is 0.0515. The molecule has 0 bridgehead atoms. The molecular formula is C17H20N2O3. The Bertz CT molecular complexity index is 651. The van der Waals surface area contributed by atoms with Gasteiger partial charge >= 0.3 is 0 Å². The van der Waals surface area contributed by atoms with Crippen LogP contribution in [0.25, 0.3) is 0 Å². The van der Waals surface area contributed by atoms with Gasteiger partial charge in [0.1, 0.15) is 5.75 Å². The van der Waals surface area contributed by atoms with Crippen molar-refractivity contribution in [3.63, 3.8) is 0 Å². The number of hydrogen-bond donors (Lipinski definition) is 1. The van der Waals surface area contributed by atoms with Crippen molar-refractivity contribution >= 4 is 17.5 Å². The number of carbonyl (C=O) groups is 2. The maximum absolute atomic E-state index is 12.8. The molecule has 0 aliphatic carbocycles. The van der Waals surface area contributed by atoms with Gasteiger partial charge in [0.25, 0.3) is 0 Å². The molecule has 1 unspecified atom stereocenters. The average molecular weight is 300 g/mol. The number of amides is 2. The summed E-state index contributed by atoms with van der Waals surface area (Å²) in [6.45, 7) is 3.43. The Morgan fingerprint density at radius 2 is 2.23 bits per heavy atom. The van der Waals surface area contributed by atoms with Crippen LogP contribution in [-0.2, 0) is 9.59 Å².